The van der Waals surface area contributed by atoms with Crippen molar-refractivity contribution in [2.75, 3.05) is 24.3 Å². The summed E-state index contributed by atoms with van der Waals surface area (Å²) in [6.07, 6.45) is 0.379. The second kappa shape index (κ2) is 9.09. The van der Waals surface area contributed by atoms with Gasteiger partial charge < -0.3 is 15.0 Å². The van der Waals surface area contributed by atoms with Gasteiger partial charge in [-0.3, -0.25) is 4.79 Å². The third-order valence-electron chi connectivity index (χ3n) is 4.11. The number of rotatable bonds is 7. The first-order valence-electron chi connectivity index (χ1n) is 8.86. The smallest absolute Gasteiger partial charge is 0.387 e. The number of alkyl halides is 2. The lowest BCUT2D eigenvalue weighted by Crippen LogP contribution is -2.17. The lowest BCUT2D eigenvalue weighted by molar-refractivity contribution is -0.0503. The molecule has 2 aromatic carbocycles. The minimum atomic E-state index is -2.93. The summed E-state index contributed by atoms with van der Waals surface area (Å²) in [5.41, 5.74) is 2.05. The second-order valence-corrected chi connectivity index (χ2v) is 6.49. The van der Waals surface area contributed by atoms with Crippen molar-refractivity contribution in [2.45, 2.75) is 13.0 Å². The molecule has 0 aliphatic carbocycles. The van der Waals surface area contributed by atoms with Crippen LogP contribution >= 0.6 is 0 Å². The molecule has 0 aliphatic rings. The third-order valence-corrected chi connectivity index (χ3v) is 4.11. The van der Waals surface area contributed by atoms with E-state index < -0.39 is 12.5 Å². The summed E-state index contributed by atoms with van der Waals surface area (Å²) in [5, 5.41) is 10.6. The first kappa shape index (κ1) is 20.2. The van der Waals surface area contributed by atoms with Crippen molar-refractivity contribution in [3.05, 3.63) is 77.5 Å². The van der Waals surface area contributed by atoms with Crippen LogP contribution in [0, 0.1) is 0 Å². The van der Waals surface area contributed by atoms with Crippen molar-refractivity contribution in [1.29, 1.82) is 0 Å². The number of aromatic nitrogens is 2. The van der Waals surface area contributed by atoms with Crippen LogP contribution in [0.2, 0.25) is 0 Å². The van der Waals surface area contributed by atoms with Crippen LogP contribution in [-0.2, 0) is 6.42 Å². The van der Waals surface area contributed by atoms with Gasteiger partial charge in [-0.05, 0) is 35.9 Å². The maximum atomic E-state index is 12.8. The largest absolute Gasteiger partial charge is 0.435 e. The molecule has 0 radical (unpaired) electrons. The fraction of sp³-hybridized carbons (Fsp3) is 0.190. The highest BCUT2D eigenvalue weighted by Gasteiger charge is 2.14. The Morgan fingerprint density at radius 2 is 1.83 bits per heavy atom. The van der Waals surface area contributed by atoms with Crippen molar-refractivity contribution < 1.29 is 18.3 Å². The average Bonchev–Trinajstić information content (AvgIpc) is 2.70. The fourth-order valence-corrected chi connectivity index (χ4v) is 2.70. The van der Waals surface area contributed by atoms with E-state index in [0.717, 1.165) is 5.56 Å². The zero-order valence-corrected chi connectivity index (χ0v) is 16.0. The Balaban J connectivity index is 1.81. The van der Waals surface area contributed by atoms with Crippen molar-refractivity contribution in [3.8, 4) is 5.75 Å². The molecular formula is C21H20F2N4O2. The number of carbonyl (C=O) groups excluding carboxylic acids is 1. The first-order chi connectivity index (χ1) is 13.9. The van der Waals surface area contributed by atoms with Gasteiger partial charge in [-0.1, -0.05) is 30.3 Å². The lowest BCUT2D eigenvalue weighted by atomic mass is 10.0. The Kier molecular flexibility index (Phi) is 6.33. The number of amides is 1. The summed E-state index contributed by atoms with van der Waals surface area (Å²) in [6, 6.07) is 17.2. The van der Waals surface area contributed by atoms with Gasteiger partial charge in [0.15, 0.2) is 11.5 Å². The van der Waals surface area contributed by atoms with Gasteiger partial charge in [0.2, 0.25) is 0 Å². The predicted molar refractivity (Wildman–Crippen MR) is 107 cm³/mol. The van der Waals surface area contributed by atoms with Gasteiger partial charge in [0.1, 0.15) is 5.75 Å². The molecule has 0 bridgehead atoms. The van der Waals surface area contributed by atoms with Crippen molar-refractivity contribution in [3.63, 3.8) is 0 Å². The number of benzene rings is 2. The number of nitrogens with zero attached hydrogens (tertiary/aromatic N) is 3. The number of hydrogen-bond donors (Lipinski definition) is 1. The van der Waals surface area contributed by atoms with Gasteiger partial charge in [0, 0.05) is 31.8 Å². The van der Waals surface area contributed by atoms with E-state index in [1.54, 1.807) is 23.1 Å². The zero-order chi connectivity index (χ0) is 20.8. The van der Waals surface area contributed by atoms with Crippen LogP contribution in [0.5, 0.6) is 5.75 Å². The molecule has 29 heavy (non-hydrogen) atoms. The molecule has 3 rings (SSSR count). The Bertz CT molecular complexity index is 964. The van der Waals surface area contributed by atoms with E-state index in [2.05, 4.69) is 20.3 Å². The highest BCUT2D eigenvalue weighted by molar-refractivity contribution is 6.02. The topological polar surface area (TPSA) is 67.4 Å². The quantitative estimate of drug-likeness (QED) is 0.652. The van der Waals surface area contributed by atoms with Gasteiger partial charge in [-0.2, -0.15) is 8.78 Å². The number of ether oxygens (including phenoxy) is 1. The Morgan fingerprint density at radius 1 is 1.07 bits per heavy atom. The second-order valence-electron chi connectivity index (χ2n) is 6.49. The highest BCUT2D eigenvalue weighted by Crippen LogP contribution is 2.27. The molecule has 0 fully saturated rings. The van der Waals surface area contributed by atoms with Crippen LogP contribution in [-0.4, -0.2) is 36.8 Å². The van der Waals surface area contributed by atoms with Gasteiger partial charge in [0.05, 0.1) is 0 Å². The third kappa shape index (κ3) is 5.47. The molecule has 0 saturated carbocycles. The molecular weight excluding hydrogens is 378 g/mol. The van der Waals surface area contributed by atoms with Crippen LogP contribution in [0.3, 0.4) is 0 Å². The number of hydrogen-bond acceptors (Lipinski definition) is 5. The van der Waals surface area contributed by atoms with Crippen molar-refractivity contribution in [2.24, 2.45) is 0 Å². The van der Waals surface area contributed by atoms with E-state index in [4.69, 9.17) is 0 Å². The number of nitrogens with one attached hydrogen (secondary N) is 1. The monoisotopic (exact) mass is 398 g/mol. The minimum absolute atomic E-state index is 0.0666. The fourth-order valence-electron chi connectivity index (χ4n) is 2.70. The molecule has 1 heterocycles. The van der Waals surface area contributed by atoms with Gasteiger partial charge in [0.25, 0.3) is 5.91 Å². The first-order valence-corrected chi connectivity index (χ1v) is 8.86. The SMILES string of the molecule is CN(C)c1ccc(C(=O)Nc2ccc(OC(F)F)c(Cc3ccccc3)c2)nn1. The maximum Gasteiger partial charge on any atom is 0.387 e. The molecule has 1 amide bonds. The van der Waals surface area contributed by atoms with Gasteiger partial charge >= 0.3 is 6.61 Å². The number of halogens is 2. The molecule has 1 N–H and O–H groups in total. The Hall–Kier alpha value is -3.55. The van der Waals surface area contributed by atoms with Crippen LogP contribution < -0.4 is 15.0 Å². The normalized spacial score (nSPS) is 10.7. The van der Waals surface area contributed by atoms with Crippen LogP contribution in [0.4, 0.5) is 20.3 Å². The summed E-state index contributed by atoms with van der Waals surface area (Å²) in [6.45, 7) is -2.93. The van der Waals surface area contributed by atoms with Crippen LogP contribution in [0.1, 0.15) is 21.6 Å². The van der Waals surface area contributed by atoms with E-state index in [9.17, 15) is 13.6 Å². The van der Waals surface area contributed by atoms with Crippen LogP contribution in [0.25, 0.3) is 0 Å². The van der Waals surface area contributed by atoms with Crippen LogP contribution in [0.15, 0.2) is 60.7 Å². The summed E-state index contributed by atoms with van der Waals surface area (Å²) < 4.78 is 30.1. The highest BCUT2D eigenvalue weighted by atomic mass is 19.3. The maximum absolute atomic E-state index is 12.8. The number of anilines is 2. The molecule has 1 aromatic heterocycles. The van der Waals surface area contributed by atoms with E-state index in [1.165, 1.54) is 12.1 Å². The van der Waals surface area contributed by atoms with Gasteiger partial charge in [-0.25, -0.2) is 0 Å². The molecule has 0 atom stereocenters. The van der Waals surface area contributed by atoms with E-state index in [-0.39, 0.29) is 11.4 Å². The molecule has 8 heteroatoms. The molecule has 3 aromatic rings. The van der Waals surface area contributed by atoms with E-state index >= 15 is 0 Å². The Morgan fingerprint density at radius 3 is 2.45 bits per heavy atom. The molecule has 0 spiro atoms. The number of carbonyl (C=O) groups is 1. The van der Waals surface area contributed by atoms with E-state index in [1.807, 2.05) is 44.4 Å². The molecule has 6 nitrogen and oxygen atoms in total. The molecule has 0 unspecified atom stereocenters. The van der Waals surface area contributed by atoms with E-state index in [0.29, 0.717) is 23.5 Å². The lowest BCUT2D eigenvalue weighted by Gasteiger charge is -2.14. The molecule has 0 aliphatic heterocycles. The summed E-state index contributed by atoms with van der Waals surface area (Å²) >= 11 is 0. The zero-order valence-electron chi connectivity index (χ0n) is 16.0. The summed E-state index contributed by atoms with van der Waals surface area (Å²) in [7, 11) is 3.64. The standard InChI is InChI=1S/C21H20F2N4O2/c1-27(2)19-11-9-17(25-26-19)20(28)24-16-8-10-18(29-21(22)23)15(13-16)12-14-6-4-3-5-7-14/h3-11,13,21H,12H2,1-2H3,(H,24,28). The summed E-state index contributed by atoms with van der Waals surface area (Å²) in [5.74, 6) is 0.244. The van der Waals surface area contributed by atoms with Crippen molar-refractivity contribution in [1.82, 2.24) is 10.2 Å². The predicted octanol–water partition coefficient (Wildman–Crippen LogP) is 3.99. The molecule has 150 valence electrons. The minimum Gasteiger partial charge on any atom is -0.435 e. The van der Waals surface area contributed by atoms with Gasteiger partial charge in [-0.15, -0.1) is 10.2 Å². The average molecular weight is 398 g/mol. The molecule has 0 saturated heterocycles. The Labute approximate surface area is 167 Å². The summed E-state index contributed by atoms with van der Waals surface area (Å²) in [4.78, 5) is 14.2. The van der Waals surface area contributed by atoms with Crippen molar-refractivity contribution >= 4 is 17.4 Å².